The van der Waals surface area contributed by atoms with Gasteiger partial charge in [-0.3, -0.25) is 62.5 Å². The molecule has 11 atom stereocenters. The number of amides is 9. The summed E-state index contributed by atoms with van der Waals surface area (Å²) in [4.78, 5) is 151. The Morgan fingerprint density at radius 2 is 0.900 bits per heavy atom. The summed E-state index contributed by atoms with van der Waals surface area (Å²) in [7, 11) is 0. The fraction of sp³-hybridized carbons (Fsp3) is 0.636. The van der Waals surface area contributed by atoms with Crippen LogP contribution in [0.5, 0.6) is 0 Å². The third kappa shape index (κ3) is 27.4. The van der Waals surface area contributed by atoms with Gasteiger partial charge in [0.2, 0.25) is 5.91 Å². The van der Waals surface area contributed by atoms with Gasteiger partial charge >= 0.3 is 42.5 Å². The highest BCUT2D eigenvalue weighted by atomic mass is 127. The Hall–Kier alpha value is -8.90. The number of anilines is 2. The smallest absolute Gasteiger partial charge is 0.417 e. The first-order valence-electron chi connectivity index (χ1n) is 43.6. The molecule has 8 saturated heterocycles. The van der Waals surface area contributed by atoms with E-state index in [1.807, 2.05) is 157 Å². The van der Waals surface area contributed by atoms with Crippen molar-refractivity contribution in [2.24, 2.45) is 0 Å². The van der Waals surface area contributed by atoms with Crippen molar-refractivity contribution in [1.82, 2.24) is 74.3 Å². The molecule has 0 saturated carbocycles. The Morgan fingerprint density at radius 3 is 1.36 bits per heavy atom. The van der Waals surface area contributed by atoms with Crippen LogP contribution in [-0.4, -0.2) is 323 Å². The minimum absolute atomic E-state index is 0. The van der Waals surface area contributed by atoms with Crippen LogP contribution in [0.3, 0.4) is 0 Å². The SMILES string of the molecule is CC(=O)CN1C2COCC1C(=O)N(c1cnn3c1CN(C(=O)OC(C)(C)C)[C@@H](C)C3)C2.CC(C)(C)OC(=O)N1CC2COCC(C1)N2.CC(C)(C)OC(=O)N1CC2COCC(C1=O)N2C(=O)OCc1ccccc1.CCOC(=O)CBr.C[C@H]1Cn2ncc(I)c2CN1.C[C@H]1Cn2ncc(N3CC4COCC(C3=O)N4C(=O)OCc3ccccc3)c2CN1C(=O)OC(C)(C)C.[I-]. The zero-order valence-corrected chi connectivity index (χ0v) is 83.1. The third-order valence-corrected chi connectivity index (χ3v) is 23.4. The van der Waals surface area contributed by atoms with Crippen molar-refractivity contribution in [3.8, 4) is 0 Å². The van der Waals surface area contributed by atoms with E-state index in [1.54, 1.807) is 64.6 Å². The summed E-state index contributed by atoms with van der Waals surface area (Å²) in [5, 5.41) is 20.4. The molecule has 39 nitrogen and oxygen atoms in total. The highest BCUT2D eigenvalue weighted by molar-refractivity contribution is 14.1. The summed E-state index contributed by atoms with van der Waals surface area (Å²) in [6.07, 6.45) is 2.48. The van der Waals surface area contributed by atoms with Crippen molar-refractivity contribution in [2.45, 2.75) is 259 Å². The Morgan fingerprint density at radius 1 is 0.485 bits per heavy atom. The number of nitrogens with zero attached hydrogens (tertiary/aromatic N) is 15. The van der Waals surface area contributed by atoms with Crippen molar-refractivity contribution in [2.75, 3.05) is 114 Å². The monoisotopic (exact) mass is 2100 g/mol. The predicted octanol–water partition coefficient (Wildman–Crippen LogP) is 5.49. The topological polar surface area (TPSA) is 396 Å². The van der Waals surface area contributed by atoms with Gasteiger partial charge in [-0.25, -0.2) is 33.7 Å². The largest absolute Gasteiger partial charge is 1.00 e. The lowest BCUT2D eigenvalue weighted by atomic mass is 10.0. The van der Waals surface area contributed by atoms with Crippen molar-refractivity contribution in [1.29, 1.82) is 0 Å². The molecule has 42 heteroatoms. The molecular formula is C88H125BrI2N17O22-. The molecule has 3 aromatic heterocycles. The maximum absolute atomic E-state index is 13.6. The number of benzene rings is 2. The number of nitrogens with one attached hydrogen (secondary N) is 2. The number of ether oxygens (including phenoxy) is 11. The van der Waals surface area contributed by atoms with Gasteiger partial charge in [0.05, 0.1) is 186 Å². The van der Waals surface area contributed by atoms with Crippen LogP contribution in [0, 0.1) is 3.57 Å². The second-order valence-electron chi connectivity index (χ2n) is 37.3. The Bertz CT molecular complexity index is 4740. The van der Waals surface area contributed by atoms with Gasteiger partial charge in [0, 0.05) is 50.8 Å². The van der Waals surface area contributed by atoms with E-state index >= 15 is 0 Å². The van der Waals surface area contributed by atoms with E-state index in [-0.39, 0.29) is 162 Å². The number of ketones is 1. The molecule has 716 valence electrons. The highest BCUT2D eigenvalue weighted by Crippen LogP contribution is 2.37. The van der Waals surface area contributed by atoms with E-state index in [0.29, 0.717) is 95.0 Å². The zero-order chi connectivity index (χ0) is 93.7. The van der Waals surface area contributed by atoms with E-state index in [1.165, 1.54) is 26.0 Å². The summed E-state index contributed by atoms with van der Waals surface area (Å²) in [5.74, 6) is -1.05. The Kier molecular flexibility index (Phi) is 35.9. The first-order valence-corrected chi connectivity index (χ1v) is 45.8. The number of Topliss-reactive ketones (excluding diaryl/α,β-unsaturated/α-hetero) is 1. The second-order valence-corrected chi connectivity index (χ2v) is 39.0. The number of hydrogen-bond donors (Lipinski definition) is 2. The predicted molar refractivity (Wildman–Crippen MR) is 480 cm³/mol. The van der Waals surface area contributed by atoms with Crippen molar-refractivity contribution < 1.29 is 129 Å². The van der Waals surface area contributed by atoms with Gasteiger partial charge in [-0.15, -0.1) is 0 Å². The van der Waals surface area contributed by atoms with E-state index in [9.17, 15) is 52.7 Å². The molecule has 5 aromatic rings. The van der Waals surface area contributed by atoms with Gasteiger partial charge in [-0.1, -0.05) is 76.6 Å². The van der Waals surface area contributed by atoms with Crippen LogP contribution in [0.15, 0.2) is 79.3 Å². The van der Waals surface area contributed by atoms with E-state index in [0.717, 1.165) is 40.5 Å². The number of halogens is 3. The van der Waals surface area contributed by atoms with Crippen LogP contribution < -0.4 is 44.4 Å². The number of fused-ring (bicyclic) bond motifs is 11. The molecule has 16 rings (SSSR count). The van der Waals surface area contributed by atoms with Crippen LogP contribution in [0.4, 0.5) is 40.1 Å². The minimum atomic E-state index is -0.895. The van der Waals surface area contributed by atoms with Gasteiger partial charge < -0.3 is 101 Å². The van der Waals surface area contributed by atoms with Crippen molar-refractivity contribution >= 4 is 116 Å². The molecule has 11 aliphatic rings. The number of carbonyl (C=O) groups is 11. The number of imide groups is 1. The standard InChI is InChI=1S/C26H33N5O6.C21H31N5O5.C19H24N2O6.C11H20N2O3.C7H10IN3.C4H7BrO2.HI/c1-17-11-30-21(13-28(17)24(33)37-26(2,3)4)20(10-27-30)29-12-19-15-35-16-22(23(29)32)31(19)25(34)36-14-18-8-6-5-7-9-18;1-13-7-26-17(10-23(13)20(29)31-21(3,4)5)16(6-22-26)25-9-15-11-30-12-18(19(25)28)24(15)8-14(2)27;1-19(2,3)27-17(23)20-9-14-11-25-12-15(16(20)22)21(14)18(24)26-10-13-7-5-4-6-8-13;1-11(2,3)16-10(14)13-4-8-6-15-7-9(5-13)12-8;1-5-4-11-7(3-9-5)6(8)2-10-11;1-2-7-4(6)3-5;/h5-10,17,19,22H,11-16H2,1-4H3;6,13,15,18H,7-12H2,1-5H3;4-8,14-15H,9-12H2,1-3H3;8-9,12H,4-7H2,1-3H3;2,5,9H,3-4H2,1H3;2-3H2,1H3;1H/p-1/t17-,19?,22?;13-,15?,18?;;;5-;;/m00..0../s1. The minimum Gasteiger partial charge on any atom is -1.00 e. The lowest BCUT2D eigenvalue weighted by Gasteiger charge is -2.48. The van der Waals surface area contributed by atoms with E-state index in [2.05, 4.69) is 80.8 Å². The number of rotatable bonds is 10. The molecule has 8 fully saturated rings. The van der Waals surface area contributed by atoms with Gasteiger partial charge in [0.25, 0.3) is 11.8 Å². The maximum atomic E-state index is 13.6. The Labute approximate surface area is 797 Å². The fourth-order valence-corrected chi connectivity index (χ4v) is 17.0. The van der Waals surface area contributed by atoms with E-state index in [4.69, 9.17) is 47.4 Å². The average molecular weight is 2110 g/mol. The molecule has 0 spiro atoms. The number of alkyl halides is 1. The third-order valence-electron chi connectivity index (χ3n) is 22.1. The number of morpholine rings is 4. The number of piperazine rings is 4. The lowest BCUT2D eigenvalue weighted by Crippen LogP contribution is -3.00. The van der Waals surface area contributed by atoms with Crippen LogP contribution in [0.2, 0.25) is 0 Å². The summed E-state index contributed by atoms with van der Waals surface area (Å²) in [5.41, 5.74) is 3.64. The van der Waals surface area contributed by atoms with Gasteiger partial charge in [0.15, 0.2) is 0 Å². The number of aromatic nitrogens is 6. The quantitative estimate of drug-likeness (QED) is 0.0754. The fourth-order valence-electron chi connectivity index (χ4n) is 16.2. The zero-order valence-electron chi connectivity index (χ0n) is 77.2. The molecule has 0 aliphatic carbocycles. The summed E-state index contributed by atoms with van der Waals surface area (Å²) < 4.78 is 66.4. The van der Waals surface area contributed by atoms with Gasteiger partial charge in [-0.05, 0) is 151 Å². The van der Waals surface area contributed by atoms with Gasteiger partial charge in [0.1, 0.15) is 64.9 Å². The molecule has 2 aromatic carbocycles. The van der Waals surface area contributed by atoms with Crippen LogP contribution in [-0.2, 0) is 129 Å². The number of hydrogen-bond acceptors (Lipinski definition) is 28. The average Bonchev–Trinajstić information content (AvgIpc) is 1.28. The van der Waals surface area contributed by atoms with Gasteiger partial charge in [-0.2, -0.15) is 15.3 Å². The molecule has 9 amide bonds. The van der Waals surface area contributed by atoms with Crippen LogP contribution in [0.1, 0.15) is 146 Å². The lowest BCUT2D eigenvalue weighted by molar-refractivity contribution is -0.155. The molecule has 8 bridgehead atoms. The Balaban J connectivity index is 0.000000172. The molecule has 130 heavy (non-hydrogen) atoms. The first kappa shape index (κ1) is 103. The molecule has 14 heterocycles. The molecular weight excluding hydrogens is 1980 g/mol. The summed E-state index contributed by atoms with van der Waals surface area (Å²) in [6.45, 7) is 40.5. The second kappa shape index (κ2) is 45.2. The molecule has 2 N–H and O–H groups in total. The first-order chi connectivity index (χ1) is 60.9. The molecule has 0 radical (unpaired) electrons. The summed E-state index contributed by atoms with van der Waals surface area (Å²) >= 11 is 5.26. The highest BCUT2D eigenvalue weighted by Gasteiger charge is 2.53. The maximum Gasteiger partial charge on any atom is 0.417 e. The number of esters is 1. The van der Waals surface area contributed by atoms with Crippen molar-refractivity contribution in [3.63, 3.8) is 0 Å². The summed E-state index contributed by atoms with van der Waals surface area (Å²) in [6, 6.07) is 16.5. The molecule has 8 unspecified atom stereocenters. The normalized spacial score (nSPS) is 23.8. The number of carbonyl (C=O) groups excluding carboxylic acids is 11. The van der Waals surface area contributed by atoms with Crippen LogP contribution in [0.25, 0.3) is 0 Å². The van der Waals surface area contributed by atoms with Crippen molar-refractivity contribution in [3.05, 3.63) is 111 Å². The van der Waals surface area contributed by atoms with Crippen LogP contribution >= 0.6 is 38.5 Å². The van der Waals surface area contributed by atoms with E-state index < -0.39 is 76.9 Å². The molecule has 11 aliphatic heterocycles.